The minimum atomic E-state index is -0.294. The van der Waals surface area contributed by atoms with Crippen molar-refractivity contribution >= 4 is 28.9 Å². The molecule has 28 heavy (non-hydrogen) atoms. The fourth-order valence-electron chi connectivity index (χ4n) is 2.60. The zero-order valence-electron chi connectivity index (χ0n) is 15.5. The van der Waals surface area contributed by atoms with Crippen molar-refractivity contribution in [2.75, 3.05) is 24.9 Å². The topological polar surface area (TPSA) is 72.5 Å². The zero-order chi connectivity index (χ0) is 19.9. The quantitative estimate of drug-likeness (QED) is 0.608. The Balaban J connectivity index is 1.71. The van der Waals surface area contributed by atoms with Gasteiger partial charge in [0.2, 0.25) is 0 Å². The Kier molecular flexibility index (Phi) is 6.34. The molecule has 3 rings (SSSR count). The van der Waals surface area contributed by atoms with Crippen LogP contribution in [0.25, 0.3) is 0 Å². The maximum absolute atomic E-state index is 12.6. The molecule has 2 N–H and O–H groups in total. The number of hydrogen-bond donors (Lipinski definition) is 2. The number of hydrogen-bond acceptors (Lipinski definition) is 5. The third-order valence-corrected chi connectivity index (χ3v) is 4.47. The van der Waals surface area contributed by atoms with Crippen LogP contribution in [0, 0.1) is 0 Å². The molecule has 1 heterocycles. The van der Waals surface area contributed by atoms with E-state index in [1.165, 1.54) is 13.3 Å². The van der Waals surface area contributed by atoms with Gasteiger partial charge in [-0.1, -0.05) is 29.8 Å². The van der Waals surface area contributed by atoms with Crippen molar-refractivity contribution in [3.8, 4) is 11.5 Å². The summed E-state index contributed by atoms with van der Waals surface area (Å²) in [5.41, 5.74) is 2.64. The fraction of sp³-hybridized carbons (Fsp3) is 0.143. The number of nitrogens with zero attached hydrogens (tertiary/aromatic N) is 1. The maximum atomic E-state index is 12.6. The summed E-state index contributed by atoms with van der Waals surface area (Å²) in [4.78, 5) is 16.8. The SMILES string of the molecule is COc1ccc(NC(=O)c2cncc(NCc3ccccc3Cl)c2)c(OC)c1. The maximum Gasteiger partial charge on any atom is 0.257 e. The van der Waals surface area contributed by atoms with E-state index in [0.29, 0.717) is 40.0 Å². The lowest BCUT2D eigenvalue weighted by molar-refractivity contribution is 0.102. The van der Waals surface area contributed by atoms with Gasteiger partial charge in [0, 0.05) is 30.0 Å². The molecule has 6 nitrogen and oxygen atoms in total. The molecule has 1 amide bonds. The van der Waals surface area contributed by atoms with Crippen LogP contribution in [-0.4, -0.2) is 25.1 Å². The van der Waals surface area contributed by atoms with Gasteiger partial charge in [0.05, 0.1) is 31.2 Å². The molecule has 2 aromatic carbocycles. The van der Waals surface area contributed by atoms with Gasteiger partial charge < -0.3 is 20.1 Å². The second kappa shape index (κ2) is 9.10. The Labute approximate surface area is 168 Å². The Hall–Kier alpha value is -3.25. The van der Waals surface area contributed by atoms with Crippen LogP contribution in [0.2, 0.25) is 5.02 Å². The second-order valence-electron chi connectivity index (χ2n) is 5.93. The van der Waals surface area contributed by atoms with Gasteiger partial charge in [0.25, 0.3) is 5.91 Å². The summed E-state index contributed by atoms with van der Waals surface area (Å²) in [5, 5.41) is 6.74. The number of carbonyl (C=O) groups excluding carboxylic acids is 1. The van der Waals surface area contributed by atoms with Crippen LogP contribution in [0.1, 0.15) is 15.9 Å². The van der Waals surface area contributed by atoms with Gasteiger partial charge in [0.1, 0.15) is 11.5 Å². The number of aromatic nitrogens is 1. The summed E-state index contributed by atoms with van der Waals surface area (Å²) in [6, 6.07) is 14.5. The highest BCUT2D eigenvalue weighted by molar-refractivity contribution is 6.31. The number of pyridine rings is 1. The molecule has 1 aromatic heterocycles. The van der Waals surface area contributed by atoms with E-state index in [2.05, 4.69) is 15.6 Å². The minimum absolute atomic E-state index is 0.294. The number of methoxy groups -OCH3 is 2. The van der Waals surface area contributed by atoms with E-state index < -0.39 is 0 Å². The van der Waals surface area contributed by atoms with Crippen molar-refractivity contribution in [1.82, 2.24) is 4.98 Å². The first kappa shape index (κ1) is 19.5. The lowest BCUT2D eigenvalue weighted by Gasteiger charge is -2.12. The summed E-state index contributed by atoms with van der Waals surface area (Å²) in [6.45, 7) is 0.527. The molecule has 3 aromatic rings. The largest absolute Gasteiger partial charge is 0.497 e. The van der Waals surface area contributed by atoms with Crippen LogP contribution in [0.3, 0.4) is 0 Å². The molecule has 0 fully saturated rings. The van der Waals surface area contributed by atoms with Crippen molar-refractivity contribution in [3.05, 3.63) is 77.1 Å². The number of halogens is 1. The molecular weight excluding hydrogens is 378 g/mol. The van der Waals surface area contributed by atoms with E-state index in [9.17, 15) is 4.79 Å². The number of carbonyl (C=O) groups is 1. The van der Waals surface area contributed by atoms with E-state index in [1.54, 1.807) is 37.6 Å². The molecule has 0 saturated carbocycles. The molecule has 0 atom stereocenters. The molecule has 0 unspecified atom stereocenters. The van der Waals surface area contributed by atoms with Gasteiger partial charge >= 0.3 is 0 Å². The molecule has 0 aliphatic carbocycles. The highest BCUT2D eigenvalue weighted by Crippen LogP contribution is 2.29. The van der Waals surface area contributed by atoms with E-state index in [1.807, 2.05) is 24.3 Å². The number of benzene rings is 2. The number of amides is 1. The average Bonchev–Trinajstić information content (AvgIpc) is 2.73. The highest BCUT2D eigenvalue weighted by Gasteiger charge is 2.12. The van der Waals surface area contributed by atoms with Gasteiger partial charge in [-0.15, -0.1) is 0 Å². The molecule has 144 valence electrons. The molecule has 0 aliphatic rings. The monoisotopic (exact) mass is 397 g/mol. The number of ether oxygens (including phenoxy) is 2. The predicted molar refractivity (Wildman–Crippen MR) is 111 cm³/mol. The molecule has 7 heteroatoms. The van der Waals surface area contributed by atoms with Gasteiger partial charge in [-0.2, -0.15) is 0 Å². The minimum Gasteiger partial charge on any atom is -0.497 e. The Morgan fingerprint density at radius 3 is 2.64 bits per heavy atom. The van der Waals surface area contributed by atoms with Gasteiger partial charge in [-0.05, 0) is 29.8 Å². The Bertz CT molecular complexity index is 979. The Morgan fingerprint density at radius 1 is 1.07 bits per heavy atom. The number of anilines is 2. The van der Waals surface area contributed by atoms with Crippen molar-refractivity contribution in [2.45, 2.75) is 6.54 Å². The zero-order valence-corrected chi connectivity index (χ0v) is 16.3. The van der Waals surface area contributed by atoms with Crippen LogP contribution < -0.4 is 20.1 Å². The molecule has 0 radical (unpaired) electrons. The van der Waals surface area contributed by atoms with Crippen molar-refractivity contribution in [2.24, 2.45) is 0 Å². The Morgan fingerprint density at radius 2 is 1.89 bits per heavy atom. The van der Waals surface area contributed by atoms with Crippen molar-refractivity contribution < 1.29 is 14.3 Å². The van der Waals surface area contributed by atoms with E-state index in [0.717, 1.165) is 5.56 Å². The van der Waals surface area contributed by atoms with E-state index in [-0.39, 0.29) is 5.91 Å². The summed E-state index contributed by atoms with van der Waals surface area (Å²) >= 11 is 6.17. The number of rotatable bonds is 7. The second-order valence-corrected chi connectivity index (χ2v) is 6.33. The summed E-state index contributed by atoms with van der Waals surface area (Å²) in [5.74, 6) is 0.855. The summed E-state index contributed by atoms with van der Waals surface area (Å²) in [6.07, 6.45) is 3.16. The fourth-order valence-corrected chi connectivity index (χ4v) is 2.80. The van der Waals surface area contributed by atoms with Crippen molar-refractivity contribution in [1.29, 1.82) is 0 Å². The standard InChI is InChI=1S/C21H20ClN3O3/c1-27-17-7-8-19(20(10-17)28-2)25-21(26)15-9-16(13-23-11-15)24-12-14-5-3-4-6-18(14)22/h3-11,13,24H,12H2,1-2H3,(H,25,26). The average molecular weight is 398 g/mol. The van der Waals surface area contributed by atoms with Crippen LogP contribution in [0.5, 0.6) is 11.5 Å². The van der Waals surface area contributed by atoms with E-state index in [4.69, 9.17) is 21.1 Å². The van der Waals surface area contributed by atoms with Crippen molar-refractivity contribution in [3.63, 3.8) is 0 Å². The normalized spacial score (nSPS) is 10.2. The molecule has 0 aliphatic heterocycles. The van der Waals surface area contributed by atoms with Gasteiger partial charge in [-0.3, -0.25) is 9.78 Å². The molecule has 0 spiro atoms. The van der Waals surface area contributed by atoms with E-state index >= 15 is 0 Å². The lowest BCUT2D eigenvalue weighted by Crippen LogP contribution is -2.13. The smallest absolute Gasteiger partial charge is 0.257 e. The lowest BCUT2D eigenvalue weighted by atomic mass is 10.2. The molecular formula is C21H20ClN3O3. The summed E-state index contributed by atoms with van der Waals surface area (Å²) < 4.78 is 10.5. The first-order chi connectivity index (χ1) is 13.6. The third-order valence-electron chi connectivity index (χ3n) is 4.10. The highest BCUT2D eigenvalue weighted by atomic mass is 35.5. The summed E-state index contributed by atoms with van der Waals surface area (Å²) in [7, 11) is 3.10. The van der Waals surface area contributed by atoms with Crippen LogP contribution in [0.4, 0.5) is 11.4 Å². The first-order valence-corrected chi connectivity index (χ1v) is 8.94. The van der Waals surface area contributed by atoms with Gasteiger partial charge in [-0.25, -0.2) is 0 Å². The molecule has 0 saturated heterocycles. The predicted octanol–water partition coefficient (Wildman–Crippen LogP) is 4.62. The third kappa shape index (κ3) is 4.72. The van der Waals surface area contributed by atoms with Crippen LogP contribution in [-0.2, 0) is 6.54 Å². The van der Waals surface area contributed by atoms with Gasteiger partial charge in [0.15, 0.2) is 0 Å². The first-order valence-electron chi connectivity index (χ1n) is 8.56. The van der Waals surface area contributed by atoms with Crippen LogP contribution in [0.15, 0.2) is 60.9 Å². The molecule has 0 bridgehead atoms. The van der Waals surface area contributed by atoms with Crippen LogP contribution >= 0.6 is 11.6 Å². The number of nitrogens with one attached hydrogen (secondary N) is 2.